The van der Waals surface area contributed by atoms with Crippen molar-refractivity contribution in [1.29, 1.82) is 0 Å². The number of nitrogens with two attached hydrogens (primary N) is 1. The minimum Gasteiger partial charge on any atom is -0.407 e. The Labute approximate surface area is 184 Å². The van der Waals surface area contributed by atoms with Crippen molar-refractivity contribution in [3.8, 4) is 0 Å². The summed E-state index contributed by atoms with van der Waals surface area (Å²) in [5.41, 5.74) is 6.97. The predicted molar refractivity (Wildman–Crippen MR) is 118 cm³/mol. The van der Waals surface area contributed by atoms with E-state index in [0.717, 1.165) is 0 Å². The number of anilines is 1. The summed E-state index contributed by atoms with van der Waals surface area (Å²) in [7, 11) is -5.44. The van der Waals surface area contributed by atoms with Gasteiger partial charge in [0.15, 0.2) is 36.3 Å². The Bertz CT molecular complexity index is 1030. The van der Waals surface area contributed by atoms with Crippen LogP contribution in [0.25, 0.3) is 11.2 Å². The fraction of sp³-hybridized carbons (Fsp3) is 0.706. The maximum absolute atomic E-state index is 12.6. The van der Waals surface area contributed by atoms with Gasteiger partial charge in [-0.25, -0.2) is 15.0 Å². The minimum atomic E-state index is -3.20. The van der Waals surface area contributed by atoms with Crippen molar-refractivity contribution in [3.63, 3.8) is 0 Å². The van der Waals surface area contributed by atoms with Crippen molar-refractivity contribution >= 4 is 48.8 Å². The van der Waals surface area contributed by atoms with Gasteiger partial charge in [0.1, 0.15) is 24.6 Å². The molecule has 0 aromatic carbocycles. The SMILES string of the molecule is CC(C)(C)[Si](C)(C)O[C@@H]1C(n2c(Br)nc3c(N)ncnc32)OC2CO[P@](C)(=O)O[C@H]21. The number of fused-ring (bicyclic) bond motifs is 2. The lowest BCUT2D eigenvalue weighted by molar-refractivity contribution is -0.0581. The molecule has 0 aliphatic carbocycles. The number of hydrogen-bond acceptors (Lipinski definition) is 9. The number of hydrogen-bond donors (Lipinski definition) is 1. The van der Waals surface area contributed by atoms with E-state index in [1.807, 2.05) is 0 Å². The van der Waals surface area contributed by atoms with Crippen LogP contribution in [0.4, 0.5) is 5.82 Å². The van der Waals surface area contributed by atoms with Crippen LogP contribution in [-0.4, -0.2) is 59.4 Å². The highest BCUT2D eigenvalue weighted by molar-refractivity contribution is 9.10. The number of ether oxygens (including phenoxy) is 1. The Morgan fingerprint density at radius 1 is 1.37 bits per heavy atom. The number of aromatic nitrogens is 4. The summed E-state index contributed by atoms with van der Waals surface area (Å²) in [4.78, 5) is 12.8. The molecule has 0 bridgehead atoms. The molecule has 10 nitrogen and oxygen atoms in total. The molecule has 0 saturated carbocycles. The molecule has 0 amide bonds. The van der Waals surface area contributed by atoms with Crippen molar-refractivity contribution in [2.45, 2.75) is 63.4 Å². The molecule has 13 heteroatoms. The molecule has 2 unspecified atom stereocenters. The van der Waals surface area contributed by atoms with Crippen molar-refractivity contribution in [3.05, 3.63) is 11.1 Å². The van der Waals surface area contributed by atoms with Crippen LogP contribution in [0.3, 0.4) is 0 Å². The van der Waals surface area contributed by atoms with Gasteiger partial charge in [-0.3, -0.25) is 13.7 Å². The molecule has 2 aromatic heterocycles. The zero-order valence-electron chi connectivity index (χ0n) is 17.8. The zero-order chi connectivity index (χ0) is 22.1. The fourth-order valence-electron chi connectivity index (χ4n) is 3.41. The molecule has 166 valence electrons. The van der Waals surface area contributed by atoms with Crippen LogP contribution in [0.2, 0.25) is 18.1 Å². The minimum absolute atomic E-state index is 0.0441. The molecule has 0 spiro atoms. The summed E-state index contributed by atoms with van der Waals surface area (Å²) >= 11 is 3.50. The maximum atomic E-state index is 12.6. The number of imidazole rings is 1. The van der Waals surface area contributed by atoms with Crippen LogP contribution in [0.1, 0.15) is 27.0 Å². The molecule has 2 aromatic rings. The lowest BCUT2D eigenvalue weighted by Crippen LogP contribution is -2.50. The molecule has 5 atom stereocenters. The second-order valence-electron chi connectivity index (χ2n) is 9.23. The number of nitrogen functional groups attached to an aromatic ring is 1. The molecular formula is C17H27BrN5O5PSi. The predicted octanol–water partition coefficient (Wildman–Crippen LogP) is 3.70. The average Bonchev–Trinajstić information content (AvgIpc) is 3.11. The molecule has 2 aliphatic heterocycles. The maximum Gasteiger partial charge on any atom is 0.328 e. The highest BCUT2D eigenvalue weighted by Crippen LogP contribution is 2.55. The van der Waals surface area contributed by atoms with Gasteiger partial charge < -0.3 is 19.4 Å². The van der Waals surface area contributed by atoms with E-state index in [-0.39, 0.29) is 17.5 Å². The largest absolute Gasteiger partial charge is 0.407 e. The molecule has 4 rings (SSSR count). The standard InChI is InChI=1S/C17H27BrN5O5PSi/c1-17(2,3)30(5,6)28-12-11-9(7-25-29(4,24)27-11)26-15(12)23-14-10(22-16(23)18)13(19)20-8-21-14/h8-9,11-12,15H,7H2,1-6H3,(H2,19,20,21)/t9?,11-,12+,15?,29+/m1/s1. The number of nitrogens with zero attached hydrogens (tertiary/aromatic N) is 4. The van der Waals surface area contributed by atoms with Crippen LogP contribution in [0.15, 0.2) is 11.1 Å². The Balaban J connectivity index is 1.81. The molecule has 2 aliphatic rings. The summed E-state index contributed by atoms with van der Waals surface area (Å²) in [6, 6.07) is 0. The quantitative estimate of drug-likeness (QED) is 0.367. The second kappa shape index (κ2) is 7.33. The van der Waals surface area contributed by atoms with E-state index >= 15 is 0 Å². The van der Waals surface area contributed by atoms with Gasteiger partial charge in [-0.05, 0) is 34.1 Å². The molecule has 2 N–H and O–H groups in total. The summed E-state index contributed by atoms with van der Waals surface area (Å²) in [6.07, 6.45) is -0.747. The van der Waals surface area contributed by atoms with Gasteiger partial charge in [0, 0.05) is 6.66 Å². The first-order chi connectivity index (χ1) is 13.8. The van der Waals surface area contributed by atoms with Crippen LogP contribution >= 0.6 is 23.5 Å². The van der Waals surface area contributed by atoms with Crippen molar-refractivity contribution in [2.75, 3.05) is 19.0 Å². The molecule has 2 saturated heterocycles. The van der Waals surface area contributed by atoms with Gasteiger partial charge >= 0.3 is 7.60 Å². The van der Waals surface area contributed by atoms with Crippen molar-refractivity contribution in [1.82, 2.24) is 19.5 Å². The van der Waals surface area contributed by atoms with Gasteiger partial charge in [0.05, 0.1) is 6.61 Å². The van der Waals surface area contributed by atoms with E-state index < -0.39 is 40.5 Å². The first kappa shape index (κ1) is 22.3. The number of halogens is 1. The van der Waals surface area contributed by atoms with Gasteiger partial charge in [-0.1, -0.05) is 20.8 Å². The van der Waals surface area contributed by atoms with E-state index in [4.69, 9.17) is 23.9 Å². The summed E-state index contributed by atoms with van der Waals surface area (Å²) in [5.74, 6) is 0.273. The molecule has 4 heterocycles. The lowest BCUT2D eigenvalue weighted by Gasteiger charge is -2.41. The first-order valence-corrected chi connectivity index (χ1v) is 15.4. The molecule has 30 heavy (non-hydrogen) atoms. The molecular weight excluding hydrogens is 493 g/mol. The topological polar surface area (TPSA) is 124 Å². The van der Waals surface area contributed by atoms with E-state index in [2.05, 4.69) is 64.7 Å². The highest BCUT2D eigenvalue weighted by Gasteiger charge is 2.55. The van der Waals surface area contributed by atoms with E-state index in [9.17, 15) is 4.57 Å². The third-order valence-electron chi connectivity index (χ3n) is 6.03. The Morgan fingerprint density at radius 2 is 2.07 bits per heavy atom. The van der Waals surface area contributed by atoms with E-state index in [1.54, 1.807) is 4.57 Å². The van der Waals surface area contributed by atoms with Crippen LogP contribution in [-0.2, 0) is 22.8 Å². The van der Waals surface area contributed by atoms with E-state index in [1.165, 1.54) is 13.0 Å². The van der Waals surface area contributed by atoms with Crippen LogP contribution in [0.5, 0.6) is 0 Å². The second-order valence-corrected chi connectivity index (χ2v) is 16.7. The normalized spacial score (nSPS) is 32.5. The highest BCUT2D eigenvalue weighted by atomic mass is 79.9. The Hall–Kier alpha value is -0.883. The van der Waals surface area contributed by atoms with Gasteiger partial charge in [-0.15, -0.1) is 0 Å². The van der Waals surface area contributed by atoms with Crippen molar-refractivity contribution < 1.29 is 22.8 Å². The average molecular weight is 520 g/mol. The third-order valence-corrected chi connectivity index (χ3v) is 12.3. The van der Waals surface area contributed by atoms with Crippen molar-refractivity contribution in [2.24, 2.45) is 0 Å². The summed E-state index contributed by atoms with van der Waals surface area (Å²) in [6.45, 7) is 12.4. The van der Waals surface area contributed by atoms with Gasteiger partial charge in [-0.2, -0.15) is 0 Å². The number of rotatable bonds is 3. The fourth-order valence-corrected chi connectivity index (χ4v) is 6.41. The smallest absolute Gasteiger partial charge is 0.328 e. The molecule has 0 radical (unpaired) electrons. The van der Waals surface area contributed by atoms with Gasteiger partial charge in [0.25, 0.3) is 0 Å². The zero-order valence-corrected chi connectivity index (χ0v) is 21.3. The summed E-state index contributed by atoms with van der Waals surface area (Å²) < 4.78 is 39.2. The third kappa shape index (κ3) is 3.76. The Morgan fingerprint density at radius 3 is 2.73 bits per heavy atom. The first-order valence-electron chi connectivity index (χ1n) is 9.68. The van der Waals surface area contributed by atoms with Crippen LogP contribution < -0.4 is 5.73 Å². The van der Waals surface area contributed by atoms with Gasteiger partial charge in [0.2, 0.25) is 0 Å². The van der Waals surface area contributed by atoms with Crippen LogP contribution in [0, 0.1) is 0 Å². The monoisotopic (exact) mass is 519 g/mol. The lowest BCUT2D eigenvalue weighted by atomic mass is 10.1. The molecule has 2 fully saturated rings. The summed E-state index contributed by atoms with van der Waals surface area (Å²) in [5, 5.41) is -0.0441. The van der Waals surface area contributed by atoms with E-state index in [0.29, 0.717) is 15.9 Å². The Kier molecular flexibility index (Phi) is 5.45.